The number of hydrogen-bond donors (Lipinski definition) is 2. The summed E-state index contributed by atoms with van der Waals surface area (Å²) in [6.07, 6.45) is 4.63. The summed E-state index contributed by atoms with van der Waals surface area (Å²) in [6, 6.07) is 8.61. The number of benzene rings is 1. The minimum atomic E-state index is 0.233. The normalized spacial score (nSPS) is 14.1. The topological polar surface area (TPSA) is 49.9 Å². The Morgan fingerprint density at radius 2 is 2.26 bits per heavy atom. The molecule has 0 saturated carbocycles. The molecule has 0 amide bonds. The van der Waals surface area contributed by atoms with E-state index in [1.54, 1.807) is 13.3 Å². The van der Waals surface area contributed by atoms with Gasteiger partial charge in [-0.25, -0.2) is 4.98 Å². The van der Waals surface area contributed by atoms with E-state index in [1.165, 1.54) is 5.56 Å². The summed E-state index contributed by atoms with van der Waals surface area (Å²) in [6.45, 7) is 4.30. The molecule has 2 unspecified atom stereocenters. The average molecular weight is 259 g/mol. The molecule has 2 N–H and O–H groups in total. The molecule has 0 bridgehead atoms. The molecular weight excluding hydrogens is 238 g/mol. The molecule has 0 radical (unpaired) electrons. The Morgan fingerprint density at radius 3 is 2.89 bits per heavy atom. The van der Waals surface area contributed by atoms with Gasteiger partial charge in [0.05, 0.1) is 13.2 Å². The van der Waals surface area contributed by atoms with Crippen molar-refractivity contribution in [1.29, 1.82) is 0 Å². The van der Waals surface area contributed by atoms with Gasteiger partial charge < -0.3 is 15.0 Å². The second-order valence-corrected chi connectivity index (χ2v) is 4.60. The number of H-pyrrole nitrogens is 1. The van der Waals surface area contributed by atoms with E-state index in [4.69, 9.17) is 4.74 Å². The van der Waals surface area contributed by atoms with Gasteiger partial charge >= 0.3 is 0 Å². The molecule has 0 fully saturated rings. The zero-order valence-corrected chi connectivity index (χ0v) is 11.7. The lowest BCUT2D eigenvalue weighted by Crippen LogP contribution is -2.25. The minimum Gasteiger partial charge on any atom is -0.497 e. The molecule has 0 aliphatic heterocycles. The average Bonchev–Trinajstić information content (AvgIpc) is 2.98. The van der Waals surface area contributed by atoms with Crippen molar-refractivity contribution in [3.63, 3.8) is 0 Å². The molecule has 1 aromatic carbocycles. The summed E-state index contributed by atoms with van der Waals surface area (Å²) >= 11 is 0. The van der Waals surface area contributed by atoms with Crippen LogP contribution < -0.4 is 10.1 Å². The van der Waals surface area contributed by atoms with Crippen molar-refractivity contribution < 1.29 is 4.74 Å². The molecule has 4 nitrogen and oxygen atoms in total. The first-order chi connectivity index (χ1) is 9.24. The van der Waals surface area contributed by atoms with Crippen molar-refractivity contribution in [3.05, 3.63) is 48.0 Å². The highest BCUT2D eigenvalue weighted by molar-refractivity contribution is 5.30. The number of methoxy groups -OCH3 is 1. The number of aromatic nitrogens is 2. The monoisotopic (exact) mass is 259 g/mol. The first kappa shape index (κ1) is 13.6. The lowest BCUT2D eigenvalue weighted by molar-refractivity contribution is 0.410. The maximum atomic E-state index is 5.26. The van der Waals surface area contributed by atoms with Gasteiger partial charge in [-0.2, -0.15) is 0 Å². The van der Waals surface area contributed by atoms with Crippen molar-refractivity contribution in [2.75, 3.05) is 7.11 Å². The molecule has 1 heterocycles. The SMILES string of the molecule is CCC(NC(C)c1cccc(OC)c1)c1ncc[nH]1. The van der Waals surface area contributed by atoms with E-state index < -0.39 is 0 Å². The molecule has 19 heavy (non-hydrogen) atoms. The Balaban J connectivity index is 2.08. The lowest BCUT2D eigenvalue weighted by atomic mass is 10.1. The Hall–Kier alpha value is -1.81. The van der Waals surface area contributed by atoms with Crippen molar-refractivity contribution in [3.8, 4) is 5.75 Å². The van der Waals surface area contributed by atoms with Crippen LogP contribution >= 0.6 is 0 Å². The van der Waals surface area contributed by atoms with E-state index in [1.807, 2.05) is 18.3 Å². The van der Waals surface area contributed by atoms with Crippen LogP contribution in [0.25, 0.3) is 0 Å². The van der Waals surface area contributed by atoms with Gasteiger partial charge in [-0.3, -0.25) is 0 Å². The van der Waals surface area contributed by atoms with Gasteiger partial charge in [0.25, 0.3) is 0 Å². The maximum absolute atomic E-state index is 5.26. The van der Waals surface area contributed by atoms with Crippen LogP contribution in [0, 0.1) is 0 Å². The zero-order valence-electron chi connectivity index (χ0n) is 11.7. The van der Waals surface area contributed by atoms with Crippen LogP contribution in [0.4, 0.5) is 0 Å². The van der Waals surface area contributed by atoms with Crippen LogP contribution in [-0.4, -0.2) is 17.1 Å². The maximum Gasteiger partial charge on any atom is 0.123 e. The Labute approximate surface area is 114 Å². The van der Waals surface area contributed by atoms with Crippen LogP contribution in [0.2, 0.25) is 0 Å². The molecule has 2 atom stereocenters. The Morgan fingerprint density at radius 1 is 1.42 bits per heavy atom. The quantitative estimate of drug-likeness (QED) is 0.837. The smallest absolute Gasteiger partial charge is 0.123 e. The van der Waals surface area contributed by atoms with Gasteiger partial charge in [0.15, 0.2) is 0 Å². The van der Waals surface area contributed by atoms with E-state index in [2.05, 4.69) is 41.3 Å². The van der Waals surface area contributed by atoms with E-state index in [0.29, 0.717) is 0 Å². The summed E-state index contributed by atoms with van der Waals surface area (Å²) in [5, 5.41) is 3.59. The fourth-order valence-corrected chi connectivity index (χ4v) is 2.17. The molecular formula is C15H21N3O. The molecule has 2 rings (SSSR count). The molecule has 102 valence electrons. The van der Waals surface area contributed by atoms with Gasteiger partial charge in [0.2, 0.25) is 0 Å². The van der Waals surface area contributed by atoms with Crippen molar-refractivity contribution in [1.82, 2.24) is 15.3 Å². The number of rotatable bonds is 6. The zero-order chi connectivity index (χ0) is 13.7. The molecule has 1 aromatic heterocycles. The Kier molecular flexibility index (Phi) is 4.58. The molecule has 2 aromatic rings. The standard InChI is InChI=1S/C15H21N3O/c1-4-14(15-16-8-9-17-15)18-11(2)12-6-5-7-13(10-12)19-3/h5-11,14,18H,4H2,1-3H3,(H,16,17). The summed E-state index contributed by atoms with van der Waals surface area (Å²) in [7, 11) is 1.69. The summed E-state index contributed by atoms with van der Waals surface area (Å²) in [5.74, 6) is 1.87. The third kappa shape index (κ3) is 3.35. The van der Waals surface area contributed by atoms with E-state index >= 15 is 0 Å². The third-order valence-corrected chi connectivity index (χ3v) is 3.30. The van der Waals surface area contributed by atoms with Gasteiger partial charge in [-0.15, -0.1) is 0 Å². The molecule has 0 aliphatic carbocycles. The van der Waals surface area contributed by atoms with E-state index in [-0.39, 0.29) is 12.1 Å². The highest BCUT2D eigenvalue weighted by Gasteiger charge is 2.15. The summed E-state index contributed by atoms with van der Waals surface area (Å²) < 4.78 is 5.26. The lowest BCUT2D eigenvalue weighted by Gasteiger charge is -2.21. The van der Waals surface area contributed by atoms with Crippen LogP contribution in [-0.2, 0) is 0 Å². The second kappa shape index (κ2) is 6.38. The first-order valence-corrected chi connectivity index (χ1v) is 6.63. The predicted octanol–water partition coefficient (Wildman–Crippen LogP) is 3.22. The minimum absolute atomic E-state index is 0.233. The molecule has 0 spiro atoms. The largest absolute Gasteiger partial charge is 0.497 e. The van der Waals surface area contributed by atoms with Crippen molar-refractivity contribution in [2.24, 2.45) is 0 Å². The number of nitrogens with one attached hydrogen (secondary N) is 2. The number of aromatic amines is 1. The highest BCUT2D eigenvalue weighted by Crippen LogP contribution is 2.22. The summed E-state index contributed by atoms with van der Waals surface area (Å²) in [5.41, 5.74) is 1.21. The number of imidazole rings is 1. The predicted molar refractivity (Wildman–Crippen MR) is 76.2 cm³/mol. The number of ether oxygens (including phenoxy) is 1. The van der Waals surface area contributed by atoms with Crippen molar-refractivity contribution in [2.45, 2.75) is 32.4 Å². The fraction of sp³-hybridized carbons (Fsp3) is 0.400. The van der Waals surface area contributed by atoms with Gasteiger partial charge in [-0.05, 0) is 31.0 Å². The number of hydrogen-bond acceptors (Lipinski definition) is 3. The first-order valence-electron chi connectivity index (χ1n) is 6.63. The third-order valence-electron chi connectivity index (χ3n) is 3.30. The molecule has 0 saturated heterocycles. The van der Waals surface area contributed by atoms with Crippen LogP contribution in [0.15, 0.2) is 36.7 Å². The fourth-order valence-electron chi connectivity index (χ4n) is 2.17. The number of nitrogens with zero attached hydrogens (tertiary/aromatic N) is 1. The van der Waals surface area contributed by atoms with E-state index in [9.17, 15) is 0 Å². The van der Waals surface area contributed by atoms with Crippen LogP contribution in [0.5, 0.6) is 5.75 Å². The van der Waals surface area contributed by atoms with Gasteiger partial charge in [0.1, 0.15) is 11.6 Å². The summed E-state index contributed by atoms with van der Waals surface area (Å²) in [4.78, 5) is 7.49. The van der Waals surface area contributed by atoms with Gasteiger partial charge in [0, 0.05) is 18.4 Å². The van der Waals surface area contributed by atoms with E-state index in [0.717, 1.165) is 18.0 Å². The van der Waals surface area contributed by atoms with Crippen LogP contribution in [0.3, 0.4) is 0 Å². The van der Waals surface area contributed by atoms with Crippen LogP contribution in [0.1, 0.15) is 43.7 Å². The highest BCUT2D eigenvalue weighted by atomic mass is 16.5. The Bertz CT molecular complexity index is 496. The molecule has 0 aliphatic rings. The van der Waals surface area contributed by atoms with Crippen molar-refractivity contribution >= 4 is 0 Å². The molecule has 4 heteroatoms. The second-order valence-electron chi connectivity index (χ2n) is 4.60. The van der Waals surface area contributed by atoms with Gasteiger partial charge in [-0.1, -0.05) is 19.1 Å².